The lowest BCUT2D eigenvalue weighted by Gasteiger charge is -2.33. The Balaban J connectivity index is 2.20. The first-order chi connectivity index (χ1) is 11.0. The Morgan fingerprint density at radius 2 is 1.75 bits per heavy atom. The molecule has 0 aliphatic carbocycles. The van der Waals surface area contributed by atoms with Crippen LogP contribution in [0.3, 0.4) is 0 Å². The molecule has 1 aromatic heterocycles. The summed E-state index contributed by atoms with van der Waals surface area (Å²) in [7, 11) is 0. The maximum atomic E-state index is 13.1. The minimum absolute atomic E-state index is 0.104. The van der Waals surface area contributed by atoms with Crippen LogP contribution in [-0.2, 0) is 0 Å². The Labute approximate surface area is 147 Å². The van der Waals surface area contributed by atoms with Crippen LogP contribution in [-0.4, -0.2) is 16.4 Å². The minimum atomic E-state index is -0.304. The minimum Gasteiger partial charge on any atom is -0.346 e. The van der Waals surface area contributed by atoms with Gasteiger partial charge in [0.25, 0.3) is 5.91 Å². The molecule has 24 heavy (non-hydrogen) atoms. The van der Waals surface area contributed by atoms with Crippen molar-refractivity contribution >= 4 is 17.2 Å². The third-order valence-electron chi connectivity index (χ3n) is 3.52. The number of nitrogens with zero attached hydrogens (tertiary/aromatic N) is 1. The van der Waals surface area contributed by atoms with Gasteiger partial charge in [0.15, 0.2) is 0 Å². The molecule has 0 atom stereocenters. The van der Waals surface area contributed by atoms with Crippen molar-refractivity contribution in [2.45, 2.75) is 53.5 Å². The highest BCUT2D eigenvalue weighted by Crippen LogP contribution is 2.30. The molecular weight excluding hydrogens is 323 g/mol. The van der Waals surface area contributed by atoms with E-state index in [-0.39, 0.29) is 22.7 Å². The molecule has 0 radical (unpaired) electrons. The second-order valence-corrected chi connectivity index (χ2v) is 9.01. The van der Waals surface area contributed by atoms with Crippen LogP contribution < -0.4 is 5.32 Å². The molecule has 0 unspecified atom stereocenters. The molecule has 2 aromatic rings. The van der Waals surface area contributed by atoms with E-state index in [4.69, 9.17) is 0 Å². The van der Waals surface area contributed by atoms with Crippen molar-refractivity contribution in [2.24, 2.45) is 5.41 Å². The third-order valence-corrected chi connectivity index (χ3v) is 4.72. The zero-order chi connectivity index (χ0) is 18.1. The molecule has 130 valence electrons. The molecule has 0 aliphatic rings. The van der Waals surface area contributed by atoms with E-state index in [0.717, 1.165) is 17.0 Å². The molecule has 0 saturated heterocycles. The van der Waals surface area contributed by atoms with Gasteiger partial charge in [-0.3, -0.25) is 4.79 Å². The van der Waals surface area contributed by atoms with Crippen LogP contribution in [0.1, 0.15) is 56.4 Å². The normalized spacial score (nSPS) is 12.3. The summed E-state index contributed by atoms with van der Waals surface area (Å²) in [4.78, 5) is 17.7. The lowest BCUT2D eigenvalue weighted by Crippen LogP contribution is -2.45. The Kier molecular flexibility index (Phi) is 5.14. The first kappa shape index (κ1) is 18.6. The van der Waals surface area contributed by atoms with E-state index in [1.807, 2.05) is 20.8 Å². The van der Waals surface area contributed by atoms with Gasteiger partial charge in [0.05, 0.1) is 5.69 Å². The molecular formula is C19H25FN2OS. The number of carbonyl (C=O) groups is 1. The van der Waals surface area contributed by atoms with Crippen molar-refractivity contribution < 1.29 is 9.18 Å². The molecule has 1 heterocycles. The van der Waals surface area contributed by atoms with Crippen molar-refractivity contribution in [1.29, 1.82) is 0 Å². The average molecular weight is 348 g/mol. The number of rotatable bonds is 4. The van der Waals surface area contributed by atoms with E-state index in [0.29, 0.717) is 10.6 Å². The second kappa shape index (κ2) is 6.63. The number of amides is 1. The van der Waals surface area contributed by atoms with Crippen LogP contribution in [0.5, 0.6) is 0 Å². The number of nitrogens with one attached hydrogen (secondary N) is 1. The molecule has 2 rings (SSSR count). The Hall–Kier alpha value is -1.75. The van der Waals surface area contributed by atoms with Crippen LogP contribution in [0.2, 0.25) is 0 Å². The van der Waals surface area contributed by atoms with Crippen LogP contribution in [0.4, 0.5) is 4.39 Å². The van der Waals surface area contributed by atoms with Crippen molar-refractivity contribution in [3.8, 4) is 10.6 Å². The van der Waals surface area contributed by atoms with E-state index >= 15 is 0 Å². The second-order valence-electron chi connectivity index (χ2n) is 8.02. The van der Waals surface area contributed by atoms with Crippen LogP contribution in [0, 0.1) is 18.2 Å². The number of hydrogen-bond acceptors (Lipinski definition) is 3. The number of carbonyl (C=O) groups excluding carboxylic acids is 1. The summed E-state index contributed by atoms with van der Waals surface area (Å²) >= 11 is 1.34. The van der Waals surface area contributed by atoms with Gasteiger partial charge in [-0.2, -0.15) is 0 Å². The van der Waals surface area contributed by atoms with Crippen molar-refractivity contribution in [3.63, 3.8) is 0 Å². The number of hydrogen-bond donors (Lipinski definition) is 1. The van der Waals surface area contributed by atoms with Gasteiger partial charge >= 0.3 is 0 Å². The number of aryl methyl sites for hydroxylation is 1. The highest BCUT2D eigenvalue weighted by molar-refractivity contribution is 7.17. The number of halogens is 1. The van der Waals surface area contributed by atoms with Gasteiger partial charge in [0, 0.05) is 11.1 Å². The predicted molar refractivity (Wildman–Crippen MR) is 97.9 cm³/mol. The van der Waals surface area contributed by atoms with E-state index in [1.165, 1.54) is 23.5 Å². The fourth-order valence-corrected chi connectivity index (χ4v) is 4.02. The van der Waals surface area contributed by atoms with Gasteiger partial charge in [0.1, 0.15) is 15.7 Å². The summed E-state index contributed by atoms with van der Waals surface area (Å²) in [6.07, 6.45) is 0.869. The fourth-order valence-electron chi connectivity index (χ4n) is 3.06. The molecule has 0 bridgehead atoms. The molecule has 0 aliphatic heterocycles. The standard InChI is InChI=1S/C19H25FN2OS/c1-12-15(16(23)22-19(5,6)11-18(2,3)4)24-17(21-12)13-7-9-14(20)10-8-13/h7-10H,11H2,1-6H3,(H,22,23). The molecule has 1 N–H and O–H groups in total. The smallest absolute Gasteiger partial charge is 0.263 e. The molecule has 0 saturated carbocycles. The number of aromatic nitrogens is 1. The molecule has 0 fully saturated rings. The monoisotopic (exact) mass is 348 g/mol. The quantitative estimate of drug-likeness (QED) is 0.825. The maximum Gasteiger partial charge on any atom is 0.263 e. The third kappa shape index (κ3) is 4.87. The number of thiazole rings is 1. The molecule has 1 amide bonds. The summed E-state index contributed by atoms with van der Waals surface area (Å²) in [5.41, 5.74) is 1.33. The zero-order valence-corrected chi connectivity index (χ0v) is 16.0. The molecule has 5 heteroatoms. The molecule has 0 spiro atoms. The zero-order valence-electron chi connectivity index (χ0n) is 15.2. The lowest BCUT2D eigenvalue weighted by molar-refractivity contribution is 0.0895. The average Bonchev–Trinajstić information content (AvgIpc) is 2.78. The van der Waals surface area contributed by atoms with Gasteiger partial charge in [-0.25, -0.2) is 9.37 Å². The predicted octanol–water partition coefficient (Wildman–Crippen LogP) is 5.20. The van der Waals surface area contributed by atoms with E-state index in [2.05, 4.69) is 31.1 Å². The summed E-state index contributed by atoms with van der Waals surface area (Å²) in [5, 5.41) is 3.84. The molecule has 1 aromatic carbocycles. The fraction of sp³-hybridized carbons (Fsp3) is 0.474. The van der Waals surface area contributed by atoms with Gasteiger partial charge in [-0.1, -0.05) is 20.8 Å². The van der Waals surface area contributed by atoms with E-state index < -0.39 is 0 Å². The van der Waals surface area contributed by atoms with Gasteiger partial charge in [-0.15, -0.1) is 11.3 Å². The van der Waals surface area contributed by atoms with Crippen LogP contribution in [0.15, 0.2) is 24.3 Å². The van der Waals surface area contributed by atoms with Gasteiger partial charge in [-0.05, 0) is 56.9 Å². The summed E-state index contributed by atoms with van der Waals surface area (Å²) in [6, 6.07) is 6.16. The Morgan fingerprint density at radius 1 is 1.17 bits per heavy atom. The maximum absolute atomic E-state index is 13.1. The van der Waals surface area contributed by atoms with Crippen molar-refractivity contribution in [1.82, 2.24) is 10.3 Å². The van der Waals surface area contributed by atoms with Crippen molar-refractivity contribution in [3.05, 3.63) is 40.7 Å². The van der Waals surface area contributed by atoms with Gasteiger partial charge in [0.2, 0.25) is 0 Å². The van der Waals surface area contributed by atoms with E-state index in [9.17, 15) is 9.18 Å². The topological polar surface area (TPSA) is 42.0 Å². The summed E-state index contributed by atoms with van der Waals surface area (Å²) in [5.74, 6) is -0.387. The van der Waals surface area contributed by atoms with Crippen LogP contribution in [0.25, 0.3) is 10.6 Å². The SMILES string of the molecule is Cc1nc(-c2ccc(F)cc2)sc1C(=O)NC(C)(C)CC(C)(C)C. The highest BCUT2D eigenvalue weighted by Gasteiger charge is 2.28. The first-order valence-corrected chi connectivity index (χ1v) is 8.84. The van der Waals surface area contributed by atoms with Crippen LogP contribution >= 0.6 is 11.3 Å². The Morgan fingerprint density at radius 3 is 2.29 bits per heavy atom. The molecule has 3 nitrogen and oxygen atoms in total. The summed E-state index contributed by atoms with van der Waals surface area (Å²) in [6.45, 7) is 12.4. The first-order valence-electron chi connectivity index (χ1n) is 8.03. The van der Waals surface area contributed by atoms with Gasteiger partial charge < -0.3 is 5.32 Å². The highest BCUT2D eigenvalue weighted by atomic mass is 32.1. The van der Waals surface area contributed by atoms with Crippen molar-refractivity contribution in [2.75, 3.05) is 0 Å². The lowest BCUT2D eigenvalue weighted by atomic mass is 9.82. The largest absolute Gasteiger partial charge is 0.346 e. The van der Waals surface area contributed by atoms with E-state index in [1.54, 1.807) is 12.1 Å². The summed E-state index contributed by atoms with van der Waals surface area (Å²) < 4.78 is 13.1. The Bertz CT molecular complexity index is 727. The number of benzene rings is 1.